The van der Waals surface area contributed by atoms with Gasteiger partial charge < -0.3 is 11.1 Å². The number of imide groups is 1. The largest absolute Gasteiger partial charge is 0.370 e. The van der Waals surface area contributed by atoms with E-state index < -0.39 is 29.3 Å². The molecule has 8 nitrogen and oxygen atoms in total. The predicted octanol–water partition coefficient (Wildman–Crippen LogP) is 0.471. The molecule has 28 heavy (non-hydrogen) atoms. The van der Waals surface area contributed by atoms with E-state index in [1.165, 1.54) is 4.90 Å². The number of nitrogens with zero attached hydrogens (tertiary/aromatic N) is 1. The molecule has 0 aromatic heterocycles. The molecule has 0 unspecified atom stereocenters. The van der Waals surface area contributed by atoms with Crippen molar-refractivity contribution < 1.29 is 19.2 Å². The molecule has 1 spiro atoms. The molecule has 4 amide bonds. The monoisotopic (exact) mass is 384 g/mol. The van der Waals surface area contributed by atoms with Gasteiger partial charge in [0.15, 0.2) is 0 Å². The van der Waals surface area contributed by atoms with Crippen LogP contribution in [0.3, 0.4) is 0 Å². The van der Waals surface area contributed by atoms with Gasteiger partial charge in [-0.15, -0.1) is 0 Å². The lowest BCUT2D eigenvalue weighted by molar-refractivity contribution is -0.145. The number of para-hydroxylation sites is 1. The maximum absolute atomic E-state index is 13.4. The minimum atomic E-state index is -1.31. The summed E-state index contributed by atoms with van der Waals surface area (Å²) in [6.07, 6.45) is 0.998. The third-order valence-electron chi connectivity index (χ3n) is 6.39. The van der Waals surface area contributed by atoms with Crippen LogP contribution in [-0.2, 0) is 24.7 Å². The van der Waals surface area contributed by atoms with Crippen molar-refractivity contribution in [2.75, 3.05) is 5.32 Å². The molecule has 3 heterocycles. The van der Waals surface area contributed by atoms with Crippen LogP contribution in [0.2, 0.25) is 0 Å². The molecule has 1 aromatic rings. The molecule has 8 heteroatoms. The van der Waals surface area contributed by atoms with Crippen molar-refractivity contribution in [3.05, 3.63) is 29.8 Å². The molecule has 148 valence electrons. The van der Waals surface area contributed by atoms with Crippen molar-refractivity contribution >= 4 is 29.3 Å². The highest BCUT2D eigenvalue weighted by atomic mass is 16.2. The van der Waals surface area contributed by atoms with Crippen LogP contribution < -0.4 is 16.4 Å². The molecule has 3 aliphatic rings. The van der Waals surface area contributed by atoms with Gasteiger partial charge in [-0.25, -0.2) is 0 Å². The van der Waals surface area contributed by atoms with Crippen LogP contribution >= 0.6 is 0 Å². The number of hydrogen-bond acceptors (Lipinski definition) is 5. The molecule has 0 aliphatic carbocycles. The molecular weight excluding hydrogens is 360 g/mol. The summed E-state index contributed by atoms with van der Waals surface area (Å²) in [6.45, 7) is 3.74. The minimum absolute atomic E-state index is 0.0744. The average Bonchev–Trinajstić information content (AvgIpc) is 3.24. The summed E-state index contributed by atoms with van der Waals surface area (Å²) in [5.41, 5.74) is 5.31. The van der Waals surface area contributed by atoms with Gasteiger partial charge in [0.2, 0.25) is 23.6 Å². The van der Waals surface area contributed by atoms with Crippen LogP contribution in [0.5, 0.6) is 0 Å². The Kier molecular flexibility index (Phi) is 4.26. The predicted molar refractivity (Wildman–Crippen MR) is 101 cm³/mol. The second kappa shape index (κ2) is 6.41. The van der Waals surface area contributed by atoms with E-state index in [0.717, 1.165) is 0 Å². The lowest BCUT2D eigenvalue weighted by atomic mass is 9.76. The van der Waals surface area contributed by atoms with E-state index in [9.17, 15) is 19.2 Å². The van der Waals surface area contributed by atoms with Crippen molar-refractivity contribution in [1.29, 1.82) is 0 Å². The molecule has 4 rings (SSSR count). The average molecular weight is 384 g/mol. The van der Waals surface area contributed by atoms with Gasteiger partial charge in [0.1, 0.15) is 5.54 Å². The number of fused-ring (bicyclic) bond motifs is 4. The number of anilines is 1. The highest BCUT2D eigenvalue weighted by molar-refractivity contribution is 6.15. The Labute approximate surface area is 162 Å². The molecule has 5 atom stereocenters. The number of nitrogens with one attached hydrogen (secondary N) is 2. The van der Waals surface area contributed by atoms with Gasteiger partial charge in [0, 0.05) is 29.8 Å². The van der Waals surface area contributed by atoms with E-state index in [4.69, 9.17) is 5.73 Å². The van der Waals surface area contributed by atoms with Crippen LogP contribution in [0.15, 0.2) is 24.3 Å². The zero-order valence-electron chi connectivity index (χ0n) is 15.9. The Morgan fingerprint density at radius 3 is 2.64 bits per heavy atom. The lowest BCUT2D eigenvalue weighted by Crippen LogP contribution is -2.54. The van der Waals surface area contributed by atoms with Crippen molar-refractivity contribution in [2.45, 2.75) is 50.7 Å². The molecule has 4 N–H and O–H groups in total. The Hall–Kier alpha value is -2.74. The van der Waals surface area contributed by atoms with Crippen LogP contribution in [0.1, 0.15) is 38.7 Å². The van der Waals surface area contributed by atoms with Crippen LogP contribution in [0.4, 0.5) is 5.69 Å². The first-order valence-electron chi connectivity index (χ1n) is 9.66. The van der Waals surface area contributed by atoms with Crippen molar-refractivity contribution in [2.24, 2.45) is 17.6 Å². The highest BCUT2D eigenvalue weighted by Crippen LogP contribution is 2.53. The Morgan fingerprint density at radius 2 is 1.96 bits per heavy atom. The van der Waals surface area contributed by atoms with Gasteiger partial charge in [-0.1, -0.05) is 25.1 Å². The fraction of sp³-hybridized carbons (Fsp3) is 0.500. The molecule has 0 radical (unpaired) electrons. The molecular formula is C20H24N4O4. The number of likely N-dealkylation sites (tertiary alicyclic amines) is 1. The van der Waals surface area contributed by atoms with Gasteiger partial charge in [-0.2, -0.15) is 0 Å². The van der Waals surface area contributed by atoms with Crippen LogP contribution in [-0.4, -0.2) is 40.6 Å². The number of nitrogens with two attached hydrogens (primary N) is 1. The number of benzene rings is 1. The minimum Gasteiger partial charge on any atom is -0.370 e. The molecule has 0 bridgehead atoms. The quantitative estimate of drug-likeness (QED) is 0.637. The molecule has 2 saturated heterocycles. The van der Waals surface area contributed by atoms with E-state index in [-0.39, 0.29) is 30.2 Å². The van der Waals surface area contributed by atoms with Gasteiger partial charge in [-0.3, -0.25) is 29.4 Å². The maximum atomic E-state index is 13.4. The summed E-state index contributed by atoms with van der Waals surface area (Å²) in [6, 6.07) is 6.46. The summed E-state index contributed by atoms with van der Waals surface area (Å²) in [4.78, 5) is 52.4. The van der Waals surface area contributed by atoms with Crippen LogP contribution in [0.25, 0.3) is 0 Å². The van der Waals surface area contributed by atoms with Gasteiger partial charge >= 0.3 is 0 Å². The summed E-state index contributed by atoms with van der Waals surface area (Å²) < 4.78 is 0. The van der Waals surface area contributed by atoms with E-state index in [1.54, 1.807) is 12.1 Å². The van der Waals surface area contributed by atoms with Crippen molar-refractivity contribution in [1.82, 2.24) is 10.2 Å². The fourth-order valence-electron chi connectivity index (χ4n) is 4.94. The molecule has 3 aliphatic heterocycles. The topological polar surface area (TPSA) is 122 Å². The zero-order valence-corrected chi connectivity index (χ0v) is 15.9. The van der Waals surface area contributed by atoms with E-state index >= 15 is 0 Å². The smallest absolute Gasteiger partial charge is 0.250 e. The van der Waals surface area contributed by atoms with E-state index in [1.807, 2.05) is 26.0 Å². The normalized spacial score (nSPS) is 31.9. The Balaban J connectivity index is 1.83. The number of hydrogen-bond donors (Lipinski definition) is 3. The lowest BCUT2D eigenvalue weighted by Gasteiger charge is -2.31. The van der Waals surface area contributed by atoms with E-state index in [2.05, 4.69) is 10.6 Å². The summed E-state index contributed by atoms with van der Waals surface area (Å²) in [5.74, 6) is -2.96. The number of rotatable bonds is 5. The zero-order chi connectivity index (χ0) is 20.2. The number of amides is 4. The third-order valence-corrected chi connectivity index (χ3v) is 6.39. The maximum Gasteiger partial charge on any atom is 0.250 e. The van der Waals surface area contributed by atoms with Gasteiger partial charge in [0.25, 0.3) is 0 Å². The van der Waals surface area contributed by atoms with Gasteiger partial charge in [-0.05, 0) is 25.8 Å². The first kappa shape index (κ1) is 18.6. The summed E-state index contributed by atoms with van der Waals surface area (Å²) in [5, 5.41) is 6.13. The second-order valence-corrected chi connectivity index (χ2v) is 7.87. The van der Waals surface area contributed by atoms with Crippen molar-refractivity contribution in [3.63, 3.8) is 0 Å². The fourth-order valence-corrected chi connectivity index (χ4v) is 4.94. The third kappa shape index (κ3) is 2.33. The first-order valence-corrected chi connectivity index (χ1v) is 9.66. The summed E-state index contributed by atoms with van der Waals surface area (Å²) >= 11 is 0. The van der Waals surface area contributed by atoms with Gasteiger partial charge in [0.05, 0.1) is 11.8 Å². The second-order valence-electron chi connectivity index (χ2n) is 7.87. The highest BCUT2D eigenvalue weighted by Gasteiger charge is 2.70. The Morgan fingerprint density at radius 1 is 1.25 bits per heavy atom. The standard InChI is InChI=1S/C20H24N4O4/c1-3-10(2)24-17(26)15-13(8-9-14(21)25)23-20(16(15)18(24)27)11-6-4-5-7-12(11)22-19(20)28/h4-7,10,13,15-16,23H,3,8-9H2,1-2H3,(H2,21,25)(H,22,28)/t10-,13-,15+,16-,20+/m0/s1. The summed E-state index contributed by atoms with van der Waals surface area (Å²) in [7, 11) is 0. The molecule has 1 aromatic carbocycles. The van der Waals surface area contributed by atoms with Crippen molar-refractivity contribution in [3.8, 4) is 0 Å². The first-order chi connectivity index (χ1) is 13.3. The number of carbonyl (C=O) groups is 4. The Bertz CT molecular complexity index is 885. The van der Waals surface area contributed by atoms with Crippen LogP contribution in [0, 0.1) is 11.8 Å². The SMILES string of the molecule is CC[C@H](C)N1C(=O)[C@@H]2[C@H](CCC(N)=O)N[C@@]3(C(=O)Nc4ccccc43)[C@@H]2C1=O. The number of primary amides is 1. The molecule has 0 saturated carbocycles. The molecule has 2 fully saturated rings. The number of carbonyl (C=O) groups excluding carboxylic acids is 4. The van der Waals surface area contributed by atoms with E-state index in [0.29, 0.717) is 24.1 Å².